The second-order valence-corrected chi connectivity index (χ2v) is 6.56. The van der Waals surface area contributed by atoms with Gasteiger partial charge in [-0.3, -0.25) is 4.79 Å². The Hall–Kier alpha value is -1.31. The highest BCUT2D eigenvalue weighted by molar-refractivity contribution is 7.91. The van der Waals surface area contributed by atoms with Crippen LogP contribution in [0.3, 0.4) is 0 Å². The van der Waals surface area contributed by atoms with Crippen molar-refractivity contribution in [2.45, 2.75) is 26.8 Å². The molecule has 8 heteroatoms. The minimum Gasteiger partial charge on any atom is -0.480 e. The van der Waals surface area contributed by atoms with Gasteiger partial charge in [0.2, 0.25) is 0 Å². The zero-order valence-corrected chi connectivity index (χ0v) is 11.7. The van der Waals surface area contributed by atoms with Crippen LogP contribution in [0.5, 0.6) is 0 Å². The van der Waals surface area contributed by atoms with Gasteiger partial charge in [0.05, 0.1) is 5.75 Å². The van der Waals surface area contributed by atoms with Crippen LogP contribution in [0.2, 0.25) is 0 Å². The van der Waals surface area contributed by atoms with Gasteiger partial charge in [0.1, 0.15) is 6.54 Å². The summed E-state index contributed by atoms with van der Waals surface area (Å²) in [5, 5.41) is 11.1. The lowest BCUT2D eigenvalue weighted by atomic mass is 10.3. The topological polar surface area (TPSA) is 104 Å². The van der Waals surface area contributed by atoms with E-state index in [0.717, 1.165) is 4.90 Å². The molecule has 0 radical (unpaired) electrons. The normalized spacial score (nSPS) is 11.3. The van der Waals surface area contributed by atoms with Crippen LogP contribution in [0.4, 0.5) is 4.79 Å². The lowest BCUT2D eigenvalue weighted by molar-refractivity contribution is -0.138. The number of nitrogens with zero attached hydrogens (tertiary/aromatic N) is 1. The first kappa shape index (κ1) is 16.7. The summed E-state index contributed by atoms with van der Waals surface area (Å²) in [5.74, 6) is -1.24. The highest BCUT2D eigenvalue weighted by atomic mass is 32.2. The van der Waals surface area contributed by atoms with Crippen LogP contribution >= 0.6 is 0 Å². The Morgan fingerprint density at radius 2 is 1.89 bits per heavy atom. The third-order valence-electron chi connectivity index (χ3n) is 2.32. The van der Waals surface area contributed by atoms with Crippen molar-refractivity contribution in [3.63, 3.8) is 0 Å². The minimum absolute atomic E-state index is 0.0160. The predicted octanol–water partition coefficient (Wildman–Crippen LogP) is -0.0743. The van der Waals surface area contributed by atoms with Gasteiger partial charge in [-0.1, -0.05) is 6.92 Å². The molecule has 0 aliphatic carbocycles. The number of carbonyl (C=O) groups is 2. The average molecular weight is 280 g/mol. The van der Waals surface area contributed by atoms with Gasteiger partial charge in [-0.15, -0.1) is 0 Å². The summed E-state index contributed by atoms with van der Waals surface area (Å²) in [7, 11) is -3.13. The fourth-order valence-corrected chi connectivity index (χ4v) is 1.90. The number of urea groups is 1. The van der Waals surface area contributed by atoms with Crippen molar-refractivity contribution in [3.8, 4) is 0 Å². The molecule has 2 N–H and O–H groups in total. The van der Waals surface area contributed by atoms with Crippen molar-refractivity contribution in [1.29, 1.82) is 0 Å². The number of carboxylic acids is 1. The van der Waals surface area contributed by atoms with Crippen molar-refractivity contribution in [3.05, 3.63) is 0 Å². The van der Waals surface area contributed by atoms with Crippen molar-refractivity contribution in [2.24, 2.45) is 0 Å². The van der Waals surface area contributed by atoms with E-state index in [4.69, 9.17) is 5.11 Å². The fraction of sp³-hybridized carbons (Fsp3) is 0.800. The number of sulfone groups is 1. The summed E-state index contributed by atoms with van der Waals surface area (Å²) in [5.41, 5.74) is 0. The smallest absolute Gasteiger partial charge is 0.323 e. The molecule has 18 heavy (non-hydrogen) atoms. The molecule has 0 aliphatic rings. The summed E-state index contributed by atoms with van der Waals surface area (Å²) in [6, 6.07) is -0.845. The predicted molar refractivity (Wildman–Crippen MR) is 67.2 cm³/mol. The van der Waals surface area contributed by atoms with Gasteiger partial charge in [-0.05, 0) is 13.8 Å². The molecule has 2 amide bonds. The molecule has 0 spiro atoms. The Morgan fingerprint density at radius 1 is 1.33 bits per heavy atom. The van der Waals surface area contributed by atoms with Crippen LogP contribution in [0.1, 0.15) is 20.8 Å². The number of carbonyl (C=O) groups excluding carboxylic acids is 1. The van der Waals surface area contributed by atoms with E-state index in [1.807, 2.05) is 0 Å². The Bertz CT molecular complexity index is 391. The van der Waals surface area contributed by atoms with Crippen LogP contribution in [-0.2, 0) is 14.6 Å². The molecular weight excluding hydrogens is 260 g/mol. The van der Waals surface area contributed by atoms with Crippen molar-refractivity contribution in [2.75, 3.05) is 24.6 Å². The minimum atomic E-state index is -3.13. The summed E-state index contributed by atoms with van der Waals surface area (Å²) < 4.78 is 22.4. The first-order chi connectivity index (χ1) is 8.19. The molecule has 0 aromatic carbocycles. The molecule has 0 saturated heterocycles. The second-order valence-electron chi connectivity index (χ2n) is 4.08. The average Bonchev–Trinajstić information content (AvgIpc) is 2.24. The van der Waals surface area contributed by atoms with Crippen LogP contribution in [0.25, 0.3) is 0 Å². The van der Waals surface area contributed by atoms with Gasteiger partial charge < -0.3 is 15.3 Å². The maximum absolute atomic E-state index is 11.7. The lowest BCUT2D eigenvalue weighted by Gasteiger charge is -2.25. The van der Waals surface area contributed by atoms with E-state index in [1.54, 1.807) is 13.8 Å². The molecule has 0 bridgehead atoms. The Kier molecular flexibility index (Phi) is 6.67. The zero-order chi connectivity index (χ0) is 14.3. The monoisotopic (exact) mass is 280 g/mol. The summed E-state index contributed by atoms with van der Waals surface area (Å²) >= 11 is 0. The number of aliphatic carboxylic acids is 1. The SMILES string of the molecule is CCS(=O)(=O)CCNC(=O)N(CC(=O)O)C(C)C. The molecule has 7 nitrogen and oxygen atoms in total. The summed E-state index contributed by atoms with van der Waals surface area (Å²) in [6.45, 7) is 4.47. The van der Waals surface area contributed by atoms with Crippen molar-refractivity contribution in [1.82, 2.24) is 10.2 Å². The highest BCUT2D eigenvalue weighted by Gasteiger charge is 2.19. The maximum atomic E-state index is 11.7. The number of hydrogen-bond acceptors (Lipinski definition) is 4. The van der Waals surface area contributed by atoms with Gasteiger partial charge in [0.25, 0.3) is 0 Å². The fourth-order valence-electron chi connectivity index (χ4n) is 1.19. The van der Waals surface area contributed by atoms with Gasteiger partial charge in [-0.2, -0.15) is 0 Å². The quantitative estimate of drug-likeness (QED) is 0.679. The first-order valence-corrected chi connectivity index (χ1v) is 7.48. The van der Waals surface area contributed by atoms with Crippen LogP contribution in [0, 0.1) is 0 Å². The molecule has 0 heterocycles. The number of hydrogen-bond donors (Lipinski definition) is 2. The Balaban J connectivity index is 4.32. The molecule has 106 valence electrons. The zero-order valence-electron chi connectivity index (χ0n) is 10.8. The van der Waals surface area contributed by atoms with E-state index in [2.05, 4.69) is 5.32 Å². The molecule has 0 aromatic heterocycles. The molecule has 0 aromatic rings. The van der Waals surface area contributed by atoms with Gasteiger partial charge in [0.15, 0.2) is 9.84 Å². The van der Waals surface area contributed by atoms with E-state index >= 15 is 0 Å². The molecule has 0 atom stereocenters. The Morgan fingerprint density at radius 3 is 2.28 bits per heavy atom. The lowest BCUT2D eigenvalue weighted by Crippen LogP contribution is -2.47. The number of rotatable bonds is 7. The van der Waals surface area contributed by atoms with E-state index in [9.17, 15) is 18.0 Å². The molecule has 0 rings (SSSR count). The Labute approximate surface area is 107 Å². The second kappa shape index (κ2) is 7.20. The van der Waals surface area contributed by atoms with E-state index < -0.39 is 28.4 Å². The summed E-state index contributed by atoms with van der Waals surface area (Å²) in [4.78, 5) is 23.4. The highest BCUT2D eigenvalue weighted by Crippen LogP contribution is 1.98. The van der Waals surface area contributed by atoms with E-state index in [0.29, 0.717) is 0 Å². The number of nitrogens with one attached hydrogen (secondary N) is 1. The maximum Gasteiger partial charge on any atom is 0.323 e. The van der Waals surface area contributed by atoms with Gasteiger partial charge >= 0.3 is 12.0 Å². The van der Waals surface area contributed by atoms with Crippen LogP contribution in [0.15, 0.2) is 0 Å². The van der Waals surface area contributed by atoms with Crippen LogP contribution in [-0.4, -0.2) is 61.1 Å². The number of amides is 2. The molecule has 0 fully saturated rings. The molecule has 0 saturated carbocycles. The number of carboxylic acid groups (broad SMARTS) is 1. The van der Waals surface area contributed by atoms with E-state index in [-0.39, 0.29) is 24.1 Å². The summed E-state index contributed by atoms with van der Waals surface area (Å²) in [6.07, 6.45) is 0. The largest absolute Gasteiger partial charge is 0.480 e. The third-order valence-corrected chi connectivity index (χ3v) is 4.02. The standard InChI is InChI=1S/C10H20N2O5S/c1-4-18(16,17)6-5-11-10(15)12(8(2)3)7-9(13)14/h8H,4-7H2,1-3H3,(H,11,15)(H,13,14). The molecular formula is C10H20N2O5S. The third kappa shape index (κ3) is 6.43. The van der Waals surface area contributed by atoms with Gasteiger partial charge in [0, 0.05) is 18.3 Å². The molecule has 0 unspecified atom stereocenters. The van der Waals surface area contributed by atoms with Crippen molar-refractivity contribution >= 4 is 21.8 Å². The van der Waals surface area contributed by atoms with Crippen LogP contribution < -0.4 is 5.32 Å². The van der Waals surface area contributed by atoms with Crippen molar-refractivity contribution < 1.29 is 23.1 Å². The first-order valence-electron chi connectivity index (χ1n) is 5.66. The van der Waals surface area contributed by atoms with Gasteiger partial charge in [-0.25, -0.2) is 13.2 Å². The van der Waals surface area contributed by atoms with E-state index in [1.165, 1.54) is 6.92 Å². The molecule has 0 aliphatic heterocycles.